The van der Waals surface area contributed by atoms with Gasteiger partial charge in [0.25, 0.3) is 0 Å². The van der Waals surface area contributed by atoms with Gasteiger partial charge in [-0.1, -0.05) is 12.1 Å². The van der Waals surface area contributed by atoms with Crippen LogP contribution >= 0.6 is 0 Å². The number of likely N-dealkylation sites (tertiary alicyclic amines) is 1. The summed E-state index contributed by atoms with van der Waals surface area (Å²) in [7, 11) is 0. The molecule has 2 fully saturated rings. The summed E-state index contributed by atoms with van der Waals surface area (Å²) in [4.78, 5) is 14.7. The molecule has 0 spiro atoms. The van der Waals surface area contributed by atoms with Crippen molar-refractivity contribution in [3.8, 4) is 0 Å². The number of nitrogens with zero attached hydrogens (tertiary/aromatic N) is 1. The Hall–Kier alpha value is -1.46. The first kappa shape index (κ1) is 16.4. The lowest BCUT2D eigenvalue weighted by atomic mass is 9.91. The molecular weight excluding hydrogens is 295 g/mol. The van der Waals surface area contributed by atoms with Crippen LogP contribution in [0.15, 0.2) is 24.3 Å². The molecule has 0 saturated carbocycles. The number of amides is 1. The Morgan fingerprint density at radius 2 is 1.96 bits per heavy atom. The summed E-state index contributed by atoms with van der Waals surface area (Å²) < 4.78 is 18.4. The Bertz CT molecular complexity index is 542. The van der Waals surface area contributed by atoms with Crippen molar-refractivity contribution in [2.75, 3.05) is 19.8 Å². The van der Waals surface area contributed by atoms with Gasteiger partial charge in [0.2, 0.25) is 5.91 Å². The lowest BCUT2D eigenvalue weighted by Crippen LogP contribution is -2.50. The molecule has 3 rings (SSSR count). The summed E-state index contributed by atoms with van der Waals surface area (Å²) >= 11 is 0. The van der Waals surface area contributed by atoms with E-state index in [2.05, 4.69) is 6.92 Å². The summed E-state index contributed by atoms with van der Waals surface area (Å²) in [5, 5.41) is 0. The summed E-state index contributed by atoms with van der Waals surface area (Å²) in [6, 6.07) is 6.34. The molecule has 2 N–H and O–H groups in total. The van der Waals surface area contributed by atoms with Gasteiger partial charge in [-0.05, 0) is 49.8 Å². The molecule has 0 aliphatic carbocycles. The molecule has 2 aliphatic rings. The second kappa shape index (κ2) is 6.97. The third-order valence-corrected chi connectivity index (χ3v) is 5.26. The number of carbonyl (C=O) groups is 1. The smallest absolute Gasteiger partial charge is 0.240 e. The van der Waals surface area contributed by atoms with Gasteiger partial charge < -0.3 is 15.4 Å². The van der Waals surface area contributed by atoms with E-state index in [9.17, 15) is 9.18 Å². The zero-order valence-corrected chi connectivity index (χ0v) is 13.6. The maximum atomic E-state index is 13.1. The molecule has 1 amide bonds. The van der Waals surface area contributed by atoms with Gasteiger partial charge in [0, 0.05) is 31.7 Å². The summed E-state index contributed by atoms with van der Waals surface area (Å²) in [6.07, 6.45) is 2.62. The van der Waals surface area contributed by atoms with E-state index in [1.165, 1.54) is 12.1 Å². The molecule has 2 heterocycles. The normalized spacial score (nSPS) is 27.2. The number of hydrogen-bond donors (Lipinski definition) is 1. The van der Waals surface area contributed by atoms with Crippen molar-refractivity contribution in [1.29, 1.82) is 0 Å². The highest BCUT2D eigenvalue weighted by atomic mass is 19.1. The van der Waals surface area contributed by atoms with Crippen molar-refractivity contribution in [1.82, 2.24) is 4.90 Å². The van der Waals surface area contributed by atoms with E-state index >= 15 is 0 Å². The van der Waals surface area contributed by atoms with Gasteiger partial charge in [-0.2, -0.15) is 0 Å². The first-order valence-electron chi connectivity index (χ1n) is 8.45. The van der Waals surface area contributed by atoms with E-state index in [0.29, 0.717) is 19.8 Å². The van der Waals surface area contributed by atoms with Crippen LogP contribution in [0.4, 0.5) is 4.39 Å². The maximum Gasteiger partial charge on any atom is 0.240 e. The Morgan fingerprint density at radius 3 is 2.61 bits per heavy atom. The molecule has 0 aromatic heterocycles. The number of carbonyl (C=O) groups excluding carboxylic acids is 1. The Morgan fingerprint density at radius 1 is 1.30 bits per heavy atom. The van der Waals surface area contributed by atoms with Crippen molar-refractivity contribution in [3.05, 3.63) is 35.6 Å². The molecule has 1 aromatic carbocycles. The molecule has 1 aromatic rings. The Balaban J connectivity index is 1.65. The van der Waals surface area contributed by atoms with E-state index in [4.69, 9.17) is 10.5 Å². The highest BCUT2D eigenvalue weighted by molar-refractivity contribution is 5.82. The molecule has 3 unspecified atom stereocenters. The van der Waals surface area contributed by atoms with Crippen LogP contribution in [0.3, 0.4) is 0 Å². The third kappa shape index (κ3) is 3.56. The van der Waals surface area contributed by atoms with Gasteiger partial charge in [0.1, 0.15) is 5.82 Å². The molecule has 2 aliphatic heterocycles. The average Bonchev–Trinajstić information content (AvgIpc) is 2.96. The number of ether oxygens (including phenoxy) is 1. The van der Waals surface area contributed by atoms with E-state index in [1.54, 1.807) is 0 Å². The minimum Gasteiger partial charge on any atom is -0.381 e. The second-order valence-electron chi connectivity index (χ2n) is 6.80. The van der Waals surface area contributed by atoms with Crippen molar-refractivity contribution in [2.24, 2.45) is 11.7 Å². The zero-order valence-electron chi connectivity index (χ0n) is 13.6. The van der Waals surface area contributed by atoms with E-state index in [1.807, 2.05) is 17.0 Å². The standard InChI is InChI=1S/C18H25FN2O2/c1-12-10-15(13-2-4-16(19)5-3-13)11-21(12)18(22)17(20)14-6-8-23-9-7-14/h2-5,12,14-15,17H,6-11,20H2,1H3. The molecule has 4 nitrogen and oxygen atoms in total. The van der Waals surface area contributed by atoms with Gasteiger partial charge >= 0.3 is 0 Å². The lowest BCUT2D eigenvalue weighted by molar-refractivity contribution is -0.135. The molecular formula is C18H25FN2O2. The van der Waals surface area contributed by atoms with Crippen molar-refractivity contribution >= 4 is 5.91 Å². The summed E-state index contributed by atoms with van der Waals surface area (Å²) in [5.74, 6) is 0.299. The van der Waals surface area contributed by atoms with Gasteiger partial charge in [-0.3, -0.25) is 4.79 Å². The van der Waals surface area contributed by atoms with Crippen LogP contribution in [-0.2, 0) is 9.53 Å². The predicted molar refractivity (Wildman–Crippen MR) is 86.5 cm³/mol. The van der Waals surface area contributed by atoms with E-state index in [-0.39, 0.29) is 29.6 Å². The number of hydrogen-bond acceptors (Lipinski definition) is 3. The number of nitrogens with two attached hydrogens (primary N) is 1. The van der Waals surface area contributed by atoms with Gasteiger partial charge in [0.15, 0.2) is 0 Å². The number of benzene rings is 1. The highest BCUT2D eigenvalue weighted by Crippen LogP contribution is 2.33. The van der Waals surface area contributed by atoms with Crippen LogP contribution in [-0.4, -0.2) is 42.6 Å². The zero-order chi connectivity index (χ0) is 16.4. The maximum absolute atomic E-state index is 13.1. The first-order chi connectivity index (χ1) is 11.1. The highest BCUT2D eigenvalue weighted by Gasteiger charge is 2.37. The summed E-state index contributed by atoms with van der Waals surface area (Å²) in [5.41, 5.74) is 7.33. The van der Waals surface area contributed by atoms with Gasteiger partial charge in [-0.15, -0.1) is 0 Å². The van der Waals surface area contributed by atoms with Gasteiger partial charge in [0.05, 0.1) is 6.04 Å². The minimum absolute atomic E-state index is 0.0500. The van der Waals surface area contributed by atoms with Crippen LogP contribution in [0, 0.1) is 11.7 Å². The largest absolute Gasteiger partial charge is 0.381 e. The molecule has 23 heavy (non-hydrogen) atoms. The minimum atomic E-state index is -0.437. The van der Waals surface area contributed by atoms with Crippen LogP contribution in [0.5, 0.6) is 0 Å². The third-order valence-electron chi connectivity index (χ3n) is 5.26. The molecule has 3 atom stereocenters. The van der Waals surface area contributed by atoms with Crippen LogP contribution in [0.25, 0.3) is 0 Å². The molecule has 5 heteroatoms. The first-order valence-corrected chi connectivity index (χ1v) is 8.45. The van der Waals surface area contributed by atoms with Gasteiger partial charge in [-0.25, -0.2) is 4.39 Å². The number of rotatable bonds is 3. The quantitative estimate of drug-likeness (QED) is 0.929. The van der Waals surface area contributed by atoms with Crippen molar-refractivity contribution < 1.29 is 13.9 Å². The Labute approximate surface area is 136 Å². The fourth-order valence-electron chi connectivity index (χ4n) is 3.78. The topological polar surface area (TPSA) is 55.6 Å². The molecule has 0 radical (unpaired) electrons. The van der Waals surface area contributed by atoms with E-state index in [0.717, 1.165) is 24.8 Å². The number of halogens is 1. The molecule has 0 bridgehead atoms. The second-order valence-corrected chi connectivity index (χ2v) is 6.80. The average molecular weight is 320 g/mol. The van der Waals surface area contributed by atoms with Crippen LogP contribution < -0.4 is 5.73 Å². The lowest BCUT2D eigenvalue weighted by Gasteiger charge is -2.31. The predicted octanol–water partition coefficient (Wildman–Crippen LogP) is 2.28. The fraction of sp³-hybridized carbons (Fsp3) is 0.611. The molecule has 126 valence electrons. The Kier molecular flexibility index (Phi) is 4.97. The van der Waals surface area contributed by atoms with Crippen LogP contribution in [0.2, 0.25) is 0 Å². The SMILES string of the molecule is CC1CC(c2ccc(F)cc2)CN1C(=O)C(N)C1CCOCC1. The van der Waals surface area contributed by atoms with Crippen LogP contribution in [0.1, 0.15) is 37.7 Å². The van der Waals surface area contributed by atoms with E-state index < -0.39 is 6.04 Å². The molecule has 2 saturated heterocycles. The fourth-order valence-corrected chi connectivity index (χ4v) is 3.78. The summed E-state index contributed by atoms with van der Waals surface area (Å²) in [6.45, 7) is 4.12. The van der Waals surface area contributed by atoms with Crippen molar-refractivity contribution in [2.45, 2.75) is 44.2 Å². The van der Waals surface area contributed by atoms with Crippen molar-refractivity contribution in [3.63, 3.8) is 0 Å². The monoisotopic (exact) mass is 320 g/mol.